The van der Waals surface area contributed by atoms with Gasteiger partial charge in [0.25, 0.3) is 0 Å². The van der Waals surface area contributed by atoms with Crippen LogP contribution in [0, 0.1) is 5.82 Å². The zero-order chi connectivity index (χ0) is 12.8. The van der Waals surface area contributed by atoms with Crippen molar-refractivity contribution in [3.63, 3.8) is 0 Å². The van der Waals surface area contributed by atoms with Gasteiger partial charge in [0, 0.05) is 17.6 Å². The first-order valence-corrected chi connectivity index (χ1v) is 7.31. The van der Waals surface area contributed by atoms with Crippen molar-refractivity contribution in [3.8, 4) is 0 Å². The largest absolute Gasteiger partial charge is 0.377 e. The van der Waals surface area contributed by atoms with Crippen LogP contribution in [0.1, 0.15) is 31.2 Å². The molecule has 0 atom stereocenters. The van der Waals surface area contributed by atoms with Crippen LogP contribution in [0.3, 0.4) is 0 Å². The number of nitrogens with one attached hydrogen (secondary N) is 1. The van der Waals surface area contributed by atoms with Crippen molar-refractivity contribution in [3.05, 3.63) is 34.1 Å². The molecular weight excluding hydrogens is 297 g/mol. The number of benzene rings is 1. The van der Waals surface area contributed by atoms with E-state index < -0.39 is 0 Å². The molecule has 1 N–H and O–H groups in total. The molecule has 1 saturated carbocycles. The van der Waals surface area contributed by atoms with Gasteiger partial charge in [0.05, 0.1) is 12.7 Å². The minimum atomic E-state index is -0.197. The van der Waals surface area contributed by atoms with Crippen molar-refractivity contribution in [2.24, 2.45) is 0 Å². The van der Waals surface area contributed by atoms with E-state index in [4.69, 9.17) is 4.74 Å². The number of hydrogen-bond acceptors (Lipinski definition) is 2. The standard InChI is InChI=1S/C14H19BrFNO/c15-14-6-5-12(16)9-11(14)10-17-7-8-18-13-3-1-2-4-13/h5-6,9,13,17H,1-4,7-8,10H2. The van der Waals surface area contributed by atoms with Gasteiger partial charge >= 0.3 is 0 Å². The lowest BCUT2D eigenvalue weighted by molar-refractivity contribution is 0.0602. The molecule has 1 aromatic carbocycles. The monoisotopic (exact) mass is 315 g/mol. The van der Waals surface area contributed by atoms with Crippen molar-refractivity contribution < 1.29 is 9.13 Å². The van der Waals surface area contributed by atoms with Crippen LogP contribution in [0.5, 0.6) is 0 Å². The summed E-state index contributed by atoms with van der Waals surface area (Å²) >= 11 is 3.42. The SMILES string of the molecule is Fc1ccc(Br)c(CNCCOC2CCCC2)c1. The van der Waals surface area contributed by atoms with Gasteiger partial charge in [-0.3, -0.25) is 0 Å². The van der Waals surface area contributed by atoms with Crippen LogP contribution in [0.15, 0.2) is 22.7 Å². The van der Waals surface area contributed by atoms with Gasteiger partial charge in [-0.1, -0.05) is 28.8 Å². The zero-order valence-electron chi connectivity index (χ0n) is 10.4. The minimum Gasteiger partial charge on any atom is -0.377 e. The number of hydrogen-bond donors (Lipinski definition) is 1. The highest BCUT2D eigenvalue weighted by Crippen LogP contribution is 2.20. The molecule has 0 radical (unpaired) electrons. The van der Waals surface area contributed by atoms with Gasteiger partial charge in [-0.2, -0.15) is 0 Å². The van der Waals surface area contributed by atoms with Gasteiger partial charge in [0.15, 0.2) is 0 Å². The Bertz CT molecular complexity index is 380. The highest BCUT2D eigenvalue weighted by atomic mass is 79.9. The summed E-state index contributed by atoms with van der Waals surface area (Å²) in [4.78, 5) is 0. The number of halogens is 2. The van der Waals surface area contributed by atoms with E-state index in [1.54, 1.807) is 12.1 Å². The van der Waals surface area contributed by atoms with Crippen LogP contribution in [-0.4, -0.2) is 19.3 Å². The van der Waals surface area contributed by atoms with E-state index in [0.717, 1.165) is 23.2 Å². The fourth-order valence-corrected chi connectivity index (χ4v) is 2.64. The Morgan fingerprint density at radius 1 is 1.33 bits per heavy atom. The third-order valence-electron chi connectivity index (χ3n) is 3.26. The van der Waals surface area contributed by atoms with Crippen LogP contribution in [0.25, 0.3) is 0 Å². The van der Waals surface area contributed by atoms with Crippen LogP contribution >= 0.6 is 15.9 Å². The Morgan fingerprint density at radius 2 is 2.11 bits per heavy atom. The average molecular weight is 316 g/mol. The zero-order valence-corrected chi connectivity index (χ0v) is 12.0. The van der Waals surface area contributed by atoms with Crippen LogP contribution in [0.4, 0.5) is 4.39 Å². The minimum absolute atomic E-state index is 0.197. The van der Waals surface area contributed by atoms with Crippen molar-refractivity contribution in [2.75, 3.05) is 13.2 Å². The maximum Gasteiger partial charge on any atom is 0.123 e. The van der Waals surface area contributed by atoms with Gasteiger partial charge in [-0.05, 0) is 36.6 Å². The highest BCUT2D eigenvalue weighted by Gasteiger charge is 2.14. The highest BCUT2D eigenvalue weighted by molar-refractivity contribution is 9.10. The van der Waals surface area contributed by atoms with Gasteiger partial charge in [-0.15, -0.1) is 0 Å². The van der Waals surface area contributed by atoms with Crippen molar-refractivity contribution in [1.82, 2.24) is 5.32 Å². The fraction of sp³-hybridized carbons (Fsp3) is 0.571. The van der Waals surface area contributed by atoms with Gasteiger partial charge < -0.3 is 10.1 Å². The molecule has 0 heterocycles. The molecule has 0 bridgehead atoms. The molecule has 4 heteroatoms. The molecule has 18 heavy (non-hydrogen) atoms. The second kappa shape index (κ2) is 7.22. The van der Waals surface area contributed by atoms with E-state index in [-0.39, 0.29) is 5.82 Å². The molecule has 1 aromatic rings. The van der Waals surface area contributed by atoms with Crippen LogP contribution in [0.2, 0.25) is 0 Å². The van der Waals surface area contributed by atoms with E-state index in [2.05, 4.69) is 21.2 Å². The van der Waals surface area contributed by atoms with Crippen LogP contribution in [-0.2, 0) is 11.3 Å². The lowest BCUT2D eigenvalue weighted by atomic mass is 10.2. The molecule has 1 aliphatic rings. The first kappa shape index (κ1) is 14.0. The summed E-state index contributed by atoms with van der Waals surface area (Å²) in [7, 11) is 0. The molecule has 0 unspecified atom stereocenters. The molecule has 2 nitrogen and oxygen atoms in total. The maximum atomic E-state index is 13.1. The quantitative estimate of drug-likeness (QED) is 0.809. The van der Waals surface area contributed by atoms with E-state index in [1.807, 2.05) is 0 Å². The lowest BCUT2D eigenvalue weighted by Gasteiger charge is -2.12. The van der Waals surface area contributed by atoms with Gasteiger partial charge in [-0.25, -0.2) is 4.39 Å². The number of ether oxygens (including phenoxy) is 1. The summed E-state index contributed by atoms with van der Waals surface area (Å²) in [6.07, 6.45) is 5.47. The van der Waals surface area contributed by atoms with Crippen molar-refractivity contribution in [1.29, 1.82) is 0 Å². The second-order valence-corrected chi connectivity index (χ2v) is 5.54. The lowest BCUT2D eigenvalue weighted by Crippen LogP contribution is -2.22. The fourth-order valence-electron chi connectivity index (χ4n) is 2.25. The molecule has 1 fully saturated rings. The molecule has 0 aliphatic heterocycles. The second-order valence-electron chi connectivity index (χ2n) is 4.69. The Hall–Kier alpha value is -0.450. The van der Waals surface area contributed by atoms with Crippen LogP contribution < -0.4 is 5.32 Å². The Kier molecular flexibility index (Phi) is 5.60. The molecule has 1 aliphatic carbocycles. The van der Waals surface area contributed by atoms with Crippen molar-refractivity contribution in [2.45, 2.75) is 38.3 Å². The summed E-state index contributed by atoms with van der Waals surface area (Å²) in [6, 6.07) is 4.74. The first-order valence-electron chi connectivity index (χ1n) is 6.52. The third-order valence-corrected chi connectivity index (χ3v) is 4.03. The molecule has 2 rings (SSSR count). The van der Waals surface area contributed by atoms with Crippen molar-refractivity contribution >= 4 is 15.9 Å². The Labute approximate surface area is 116 Å². The summed E-state index contributed by atoms with van der Waals surface area (Å²) in [5.41, 5.74) is 0.941. The Balaban J connectivity index is 1.64. The molecule has 0 saturated heterocycles. The third kappa shape index (κ3) is 4.34. The van der Waals surface area contributed by atoms with Gasteiger partial charge in [0.1, 0.15) is 5.82 Å². The topological polar surface area (TPSA) is 21.3 Å². The number of rotatable bonds is 6. The van der Waals surface area contributed by atoms with E-state index in [0.29, 0.717) is 12.6 Å². The summed E-state index contributed by atoms with van der Waals surface area (Å²) in [6.45, 7) is 2.20. The normalized spacial score (nSPS) is 16.3. The predicted molar refractivity (Wildman–Crippen MR) is 74.0 cm³/mol. The maximum absolute atomic E-state index is 13.1. The van der Waals surface area contributed by atoms with E-state index >= 15 is 0 Å². The van der Waals surface area contributed by atoms with E-state index in [9.17, 15) is 4.39 Å². The molecule has 0 spiro atoms. The summed E-state index contributed by atoms with van der Waals surface area (Å²) in [5, 5.41) is 3.27. The summed E-state index contributed by atoms with van der Waals surface area (Å²) < 4.78 is 19.7. The van der Waals surface area contributed by atoms with Gasteiger partial charge in [0.2, 0.25) is 0 Å². The summed E-state index contributed by atoms with van der Waals surface area (Å²) in [5.74, 6) is -0.197. The molecule has 100 valence electrons. The smallest absolute Gasteiger partial charge is 0.123 e. The molecule has 0 amide bonds. The molecule has 0 aromatic heterocycles. The van der Waals surface area contributed by atoms with E-state index in [1.165, 1.54) is 31.7 Å². The average Bonchev–Trinajstić information content (AvgIpc) is 2.86. The Morgan fingerprint density at radius 3 is 2.89 bits per heavy atom. The first-order chi connectivity index (χ1) is 8.75. The predicted octanol–water partition coefficient (Wildman–Crippen LogP) is 3.64. The molecular formula is C14H19BrFNO.